The van der Waals surface area contributed by atoms with E-state index in [2.05, 4.69) is 28.9 Å². The Morgan fingerprint density at radius 1 is 1.24 bits per heavy atom. The molecule has 2 amide bonds. The van der Waals surface area contributed by atoms with Gasteiger partial charge in [-0.25, -0.2) is 10.1 Å². The van der Waals surface area contributed by atoms with E-state index < -0.39 is 6.03 Å². The molecule has 33 heavy (non-hydrogen) atoms. The minimum Gasteiger partial charge on any atom is -0.469 e. The number of hydrogen-bond acceptors (Lipinski definition) is 4. The molecule has 1 saturated heterocycles. The lowest BCUT2D eigenvalue weighted by Gasteiger charge is -2.44. The highest BCUT2D eigenvalue weighted by molar-refractivity contribution is 6.67. The fourth-order valence-corrected chi connectivity index (χ4v) is 5.99. The van der Waals surface area contributed by atoms with Crippen LogP contribution in [-0.4, -0.2) is 36.9 Å². The lowest BCUT2D eigenvalue weighted by molar-refractivity contribution is -0.140. The summed E-state index contributed by atoms with van der Waals surface area (Å²) in [5.41, 5.74) is 8.95. The number of esters is 1. The minimum atomic E-state index is -0.579. The summed E-state index contributed by atoms with van der Waals surface area (Å²) < 4.78 is 7.10. The van der Waals surface area contributed by atoms with E-state index in [0.29, 0.717) is 11.5 Å². The van der Waals surface area contributed by atoms with Crippen molar-refractivity contribution >= 4 is 35.3 Å². The van der Waals surface area contributed by atoms with Gasteiger partial charge in [-0.1, -0.05) is 25.5 Å². The number of urea groups is 1. The Labute approximate surface area is 195 Å². The van der Waals surface area contributed by atoms with Gasteiger partial charge in [0.15, 0.2) is 0 Å². The van der Waals surface area contributed by atoms with Crippen LogP contribution in [-0.2, 0) is 9.53 Å². The topological polar surface area (TPSA) is 101 Å². The average molecular weight is 448 g/mol. The molecule has 1 aromatic heterocycles. The SMILES string of the molecule is COC(=O)CCN(C(N)=O)c1ccc2c(ccn2C2CCC3(CCB(C#N)CC3)CC2)c1C. The second-order valence-corrected chi connectivity index (χ2v) is 9.82. The third kappa shape index (κ3) is 4.59. The normalized spacial score (nSPS) is 18.3. The van der Waals surface area contributed by atoms with Gasteiger partial charge in [-0.05, 0) is 61.8 Å². The van der Waals surface area contributed by atoms with Crippen molar-refractivity contribution in [3.8, 4) is 5.97 Å². The molecule has 8 heteroatoms. The number of amides is 2. The number of carbonyl (C=O) groups is 2. The van der Waals surface area contributed by atoms with Crippen molar-refractivity contribution in [2.75, 3.05) is 18.6 Å². The molecular formula is C25H33BN4O3. The zero-order valence-corrected chi connectivity index (χ0v) is 19.7. The van der Waals surface area contributed by atoms with E-state index in [1.54, 1.807) is 0 Å². The summed E-state index contributed by atoms with van der Waals surface area (Å²) in [6, 6.07) is 6.01. The monoisotopic (exact) mass is 448 g/mol. The highest BCUT2D eigenvalue weighted by Crippen LogP contribution is 2.50. The molecule has 2 heterocycles. The van der Waals surface area contributed by atoms with Gasteiger partial charge in [0, 0.05) is 41.3 Å². The molecule has 1 aliphatic carbocycles. The van der Waals surface area contributed by atoms with Gasteiger partial charge in [-0.15, -0.1) is 0 Å². The molecule has 1 saturated carbocycles. The summed E-state index contributed by atoms with van der Waals surface area (Å²) in [6.45, 7) is 2.44. The first-order valence-electron chi connectivity index (χ1n) is 12.0. The molecular weight excluding hydrogens is 415 g/mol. The van der Waals surface area contributed by atoms with Crippen molar-refractivity contribution in [1.29, 1.82) is 5.26 Å². The van der Waals surface area contributed by atoms with Crippen molar-refractivity contribution in [2.24, 2.45) is 11.1 Å². The number of hydrogen-bond donors (Lipinski definition) is 1. The smallest absolute Gasteiger partial charge is 0.319 e. The predicted molar refractivity (Wildman–Crippen MR) is 130 cm³/mol. The number of aryl methyl sites for hydroxylation is 1. The second-order valence-electron chi connectivity index (χ2n) is 9.82. The Morgan fingerprint density at radius 2 is 1.94 bits per heavy atom. The van der Waals surface area contributed by atoms with Gasteiger partial charge in [0.05, 0.1) is 13.5 Å². The third-order valence-corrected chi connectivity index (χ3v) is 8.11. The third-order valence-electron chi connectivity index (χ3n) is 8.11. The Balaban J connectivity index is 1.51. The largest absolute Gasteiger partial charge is 0.469 e. The summed E-state index contributed by atoms with van der Waals surface area (Å²) in [6.07, 6.45) is 11.6. The fraction of sp³-hybridized carbons (Fsp3) is 0.560. The van der Waals surface area contributed by atoms with Crippen LogP contribution in [0.25, 0.3) is 10.9 Å². The summed E-state index contributed by atoms with van der Waals surface area (Å²) in [5, 5.41) is 10.3. The molecule has 2 N–H and O–H groups in total. The molecule has 7 nitrogen and oxygen atoms in total. The Hall–Kier alpha value is -2.95. The first-order valence-corrected chi connectivity index (χ1v) is 12.0. The molecule has 0 radical (unpaired) electrons. The van der Waals surface area contributed by atoms with Crippen LogP contribution in [0.1, 0.15) is 56.6 Å². The van der Waals surface area contributed by atoms with E-state index in [1.807, 2.05) is 13.0 Å². The van der Waals surface area contributed by atoms with E-state index in [1.165, 1.54) is 43.2 Å². The predicted octanol–water partition coefficient (Wildman–Crippen LogP) is 4.85. The van der Waals surface area contributed by atoms with Gasteiger partial charge in [0.1, 0.15) is 0 Å². The van der Waals surface area contributed by atoms with Gasteiger partial charge < -0.3 is 15.0 Å². The van der Waals surface area contributed by atoms with E-state index in [4.69, 9.17) is 10.5 Å². The number of rotatable bonds is 5. The number of fused-ring (bicyclic) bond motifs is 1. The Bertz CT molecular complexity index is 1070. The molecule has 1 aromatic carbocycles. The fourth-order valence-electron chi connectivity index (χ4n) is 5.99. The molecule has 2 fully saturated rings. The number of primary amides is 1. The minimum absolute atomic E-state index is 0.0941. The summed E-state index contributed by atoms with van der Waals surface area (Å²) >= 11 is 0. The first-order chi connectivity index (χ1) is 15.9. The molecule has 1 aliphatic heterocycles. The van der Waals surface area contributed by atoms with Crippen LogP contribution in [0.2, 0.25) is 12.6 Å². The van der Waals surface area contributed by atoms with Crippen LogP contribution in [0.15, 0.2) is 24.4 Å². The zero-order chi connectivity index (χ0) is 23.6. The van der Waals surface area contributed by atoms with Crippen LogP contribution in [0.3, 0.4) is 0 Å². The van der Waals surface area contributed by atoms with Crippen LogP contribution in [0.4, 0.5) is 10.5 Å². The summed E-state index contributed by atoms with van der Waals surface area (Å²) in [5.74, 6) is 2.09. The van der Waals surface area contributed by atoms with E-state index in [9.17, 15) is 14.9 Å². The number of aromatic nitrogens is 1. The number of nitrogens with two attached hydrogens (primary N) is 1. The maximum absolute atomic E-state index is 12.1. The quantitative estimate of drug-likeness (QED) is 0.522. The Kier molecular flexibility index (Phi) is 6.69. The van der Waals surface area contributed by atoms with Gasteiger partial charge in [0.2, 0.25) is 0 Å². The maximum atomic E-state index is 12.1. The lowest BCUT2D eigenvalue weighted by Crippen LogP contribution is -2.38. The number of nitrogens with zero attached hydrogens (tertiary/aromatic N) is 3. The van der Waals surface area contributed by atoms with Crippen molar-refractivity contribution < 1.29 is 14.3 Å². The molecule has 4 rings (SSSR count). The standard InChI is InChI=1S/C25H33BN4O3/c1-18-20-7-15-29(19-5-9-25(10-6-19)11-13-26(17-27)14-12-25)22(20)4-3-21(18)30(24(28)32)16-8-23(31)33-2/h3-4,7,15,19H,5-6,8-14,16H2,1-2H3,(H2,28,32). The van der Waals surface area contributed by atoms with Crippen molar-refractivity contribution in [1.82, 2.24) is 4.57 Å². The van der Waals surface area contributed by atoms with Crippen LogP contribution in [0, 0.1) is 23.6 Å². The molecule has 0 bridgehead atoms. The molecule has 2 aliphatic rings. The first kappa shape index (κ1) is 23.2. The van der Waals surface area contributed by atoms with Gasteiger partial charge >= 0.3 is 12.0 Å². The van der Waals surface area contributed by atoms with Crippen LogP contribution >= 0.6 is 0 Å². The zero-order valence-electron chi connectivity index (χ0n) is 19.7. The van der Waals surface area contributed by atoms with E-state index in [0.717, 1.165) is 42.1 Å². The maximum Gasteiger partial charge on any atom is 0.319 e. The van der Waals surface area contributed by atoms with Crippen molar-refractivity contribution in [3.05, 3.63) is 30.0 Å². The van der Waals surface area contributed by atoms with Crippen LogP contribution in [0.5, 0.6) is 0 Å². The number of nitriles is 1. The highest BCUT2D eigenvalue weighted by Gasteiger charge is 2.40. The van der Waals surface area contributed by atoms with Gasteiger partial charge in [-0.2, -0.15) is 0 Å². The summed E-state index contributed by atoms with van der Waals surface area (Å²) in [4.78, 5) is 25.1. The lowest BCUT2D eigenvalue weighted by atomic mass is 9.38. The molecule has 1 spiro atoms. The highest BCUT2D eigenvalue weighted by atomic mass is 16.5. The molecule has 0 atom stereocenters. The number of methoxy groups -OCH3 is 1. The molecule has 2 aromatic rings. The van der Waals surface area contributed by atoms with Gasteiger partial charge in [0.25, 0.3) is 6.71 Å². The summed E-state index contributed by atoms with van der Waals surface area (Å²) in [7, 11) is 1.33. The van der Waals surface area contributed by atoms with Crippen molar-refractivity contribution in [3.63, 3.8) is 0 Å². The van der Waals surface area contributed by atoms with Gasteiger partial charge in [-0.3, -0.25) is 9.69 Å². The Morgan fingerprint density at radius 3 is 2.55 bits per heavy atom. The number of benzene rings is 1. The number of ether oxygens (including phenoxy) is 1. The van der Waals surface area contributed by atoms with E-state index >= 15 is 0 Å². The molecule has 174 valence electrons. The number of anilines is 1. The van der Waals surface area contributed by atoms with Crippen LogP contribution < -0.4 is 10.6 Å². The van der Waals surface area contributed by atoms with Crippen molar-refractivity contribution in [2.45, 2.75) is 70.6 Å². The second kappa shape index (κ2) is 9.50. The average Bonchev–Trinajstić information content (AvgIpc) is 3.26. The number of carbonyl (C=O) groups excluding carboxylic acids is 2. The molecule has 0 unspecified atom stereocenters. The van der Waals surface area contributed by atoms with E-state index in [-0.39, 0.29) is 25.6 Å².